The van der Waals surface area contributed by atoms with Gasteiger partial charge < -0.3 is 5.32 Å². The number of anilines is 1. The zero-order valence-electron chi connectivity index (χ0n) is 13.9. The molecular formula is C18H27N3. The van der Waals surface area contributed by atoms with Gasteiger partial charge in [-0.15, -0.1) is 0 Å². The zero-order valence-corrected chi connectivity index (χ0v) is 13.9. The Kier molecular flexibility index (Phi) is 5.05. The second-order valence-electron chi connectivity index (χ2n) is 6.15. The Hall–Kier alpha value is -1.77. The summed E-state index contributed by atoms with van der Waals surface area (Å²) < 4.78 is 1.90. The Morgan fingerprint density at radius 3 is 2.38 bits per heavy atom. The second kappa shape index (κ2) is 6.79. The predicted octanol–water partition coefficient (Wildman–Crippen LogP) is 4.67. The number of hydrogen-bond donors (Lipinski definition) is 1. The van der Waals surface area contributed by atoms with Gasteiger partial charge in [-0.2, -0.15) is 5.10 Å². The van der Waals surface area contributed by atoms with E-state index in [1.54, 1.807) is 0 Å². The molecule has 2 aromatic rings. The molecule has 1 N–H and O–H groups in total. The Labute approximate surface area is 128 Å². The first kappa shape index (κ1) is 15.6. The monoisotopic (exact) mass is 285 g/mol. The van der Waals surface area contributed by atoms with Crippen molar-refractivity contribution in [2.24, 2.45) is 7.05 Å². The molecule has 0 saturated heterocycles. The van der Waals surface area contributed by atoms with E-state index in [2.05, 4.69) is 68.6 Å². The highest BCUT2D eigenvalue weighted by atomic mass is 15.3. The first-order chi connectivity index (χ1) is 10.0. The number of rotatable bonds is 6. The molecule has 3 nitrogen and oxygen atoms in total. The fraction of sp³-hybridized carbons (Fsp3) is 0.500. The van der Waals surface area contributed by atoms with Gasteiger partial charge in [0.2, 0.25) is 0 Å². The molecule has 2 rings (SSSR count). The Morgan fingerprint density at radius 2 is 1.81 bits per heavy atom. The lowest BCUT2D eigenvalue weighted by molar-refractivity contribution is 0.712. The minimum atomic E-state index is 0.454. The van der Waals surface area contributed by atoms with Crippen LogP contribution < -0.4 is 5.32 Å². The molecule has 1 atom stereocenters. The van der Waals surface area contributed by atoms with Crippen molar-refractivity contribution < 1.29 is 0 Å². The fourth-order valence-electron chi connectivity index (χ4n) is 2.54. The lowest BCUT2D eigenvalue weighted by atomic mass is 9.98. The molecule has 0 amide bonds. The van der Waals surface area contributed by atoms with Crippen LogP contribution in [0.5, 0.6) is 0 Å². The predicted molar refractivity (Wildman–Crippen MR) is 89.8 cm³/mol. The maximum absolute atomic E-state index is 4.55. The van der Waals surface area contributed by atoms with Gasteiger partial charge in [-0.05, 0) is 36.0 Å². The van der Waals surface area contributed by atoms with Gasteiger partial charge in [-0.3, -0.25) is 4.68 Å². The number of aryl methyl sites for hydroxylation is 1. The van der Waals surface area contributed by atoms with Crippen molar-refractivity contribution in [1.82, 2.24) is 9.78 Å². The molecule has 0 bridgehead atoms. The van der Waals surface area contributed by atoms with Crippen molar-refractivity contribution in [2.45, 2.75) is 52.5 Å². The molecule has 0 fully saturated rings. The molecule has 0 aliphatic carbocycles. The van der Waals surface area contributed by atoms with Gasteiger partial charge in [0.25, 0.3) is 0 Å². The van der Waals surface area contributed by atoms with E-state index in [-0.39, 0.29) is 0 Å². The van der Waals surface area contributed by atoms with E-state index in [0.29, 0.717) is 11.8 Å². The van der Waals surface area contributed by atoms with Gasteiger partial charge in [0.15, 0.2) is 0 Å². The van der Waals surface area contributed by atoms with E-state index in [0.717, 1.165) is 6.54 Å². The summed E-state index contributed by atoms with van der Waals surface area (Å²) in [4.78, 5) is 0. The van der Waals surface area contributed by atoms with E-state index in [9.17, 15) is 0 Å². The van der Waals surface area contributed by atoms with Gasteiger partial charge in [0.1, 0.15) is 0 Å². The van der Waals surface area contributed by atoms with Crippen LogP contribution in [0.3, 0.4) is 0 Å². The van der Waals surface area contributed by atoms with Crippen LogP contribution in [0.4, 0.5) is 5.69 Å². The first-order valence-electron chi connectivity index (χ1n) is 7.87. The van der Waals surface area contributed by atoms with Gasteiger partial charge in [0.05, 0.1) is 5.69 Å². The van der Waals surface area contributed by atoms with Gasteiger partial charge in [-0.1, -0.05) is 39.8 Å². The highest BCUT2D eigenvalue weighted by Crippen LogP contribution is 2.22. The molecule has 0 spiro atoms. The maximum atomic E-state index is 4.55. The lowest BCUT2D eigenvalue weighted by Gasteiger charge is -2.11. The molecule has 1 aromatic carbocycles. The zero-order chi connectivity index (χ0) is 15.4. The van der Waals surface area contributed by atoms with Crippen molar-refractivity contribution in [3.8, 4) is 0 Å². The van der Waals surface area contributed by atoms with Crippen LogP contribution in [0.1, 0.15) is 62.8 Å². The van der Waals surface area contributed by atoms with Crippen molar-refractivity contribution in [3.05, 3.63) is 47.3 Å². The summed E-state index contributed by atoms with van der Waals surface area (Å²) >= 11 is 0. The number of hydrogen-bond acceptors (Lipinski definition) is 2. The molecule has 1 aromatic heterocycles. The molecule has 0 aliphatic heterocycles. The number of nitrogens with zero attached hydrogens (tertiary/aromatic N) is 2. The van der Waals surface area contributed by atoms with E-state index < -0.39 is 0 Å². The van der Waals surface area contributed by atoms with Gasteiger partial charge >= 0.3 is 0 Å². The summed E-state index contributed by atoms with van der Waals surface area (Å²) in [6, 6.07) is 8.80. The summed E-state index contributed by atoms with van der Waals surface area (Å²) in [7, 11) is 1.98. The second-order valence-corrected chi connectivity index (χ2v) is 6.15. The molecular weight excluding hydrogens is 258 g/mol. The third-order valence-corrected chi connectivity index (χ3v) is 4.06. The van der Waals surface area contributed by atoms with Crippen molar-refractivity contribution in [2.75, 3.05) is 5.32 Å². The molecule has 0 saturated carbocycles. The highest BCUT2D eigenvalue weighted by Gasteiger charge is 2.11. The molecule has 0 aliphatic rings. The SMILES string of the molecule is CCC(C)c1ccc(NCc2cn(C)nc2C(C)C)cc1. The number of benzene rings is 1. The van der Waals surface area contributed by atoms with E-state index >= 15 is 0 Å². The molecule has 1 heterocycles. The summed E-state index contributed by atoms with van der Waals surface area (Å²) in [6.07, 6.45) is 3.29. The van der Waals surface area contributed by atoms with E-state index in [4.69, 9.17) is 0 Å². The van der Waals surface area contributed by atoms with Crippen LogP contribution in [-0.4, -0.2) is 9.78 Å². The normalized spacial score (nSPS) is 12.7. The third kappa shape index (κ3) is 3.87. The van der Waals surface area contributed by atoms with Crippen LogP contribution in [0, 0.1) is 0 Å². The minimum Gasteiger partial charge on any atom is -0.381 e. The van der Waals surface area contributed by atoms with Crippen molar-refractivity contribution in [3.63, 3.8) is 0 Å². The summed E-state index contributed by atoms with van der Waals surface area (Å²) in [5, 5.41) is 8.05. The van der Waals surface area contributed by atoms with Crippen LogP contribution in [0.15, 0.2) is 30.5 Å². The first-order valence-corrected chi connectivity index (χ1v) is 7.87. The molecule has 114 valence electrons. The third-order valence-electron chi connectivity index (χ3n) is 4.06. The fourth-order valence-corrected chi connectivity index (χ4v) is 2.54. The molecule has 21 heavy (non-hydrogen) atoms. The van der Waals surface area contributed by atoms with E-state index in [1.807, 2.05) is 11.7 Å². The van der Waals surface area contributed by atoms with Crippen LogP contribution >= 0.6 is 0 Å². The summed E-state index contributed by atoms with van der Waals surface area (Å²) in [6.45, 7) is 9.70. The Morgan fingerprint density at radius 1 is 1.14 bits per heavy atom. The molecule has 0 radical (unpaired) electrons. The molecule has 3 heteroatoms. The van der Waals surface area contributed by atoms with Crippen molar-refractivity contribution in [1.29, 1.82) is 0 Å². The standard InChI is InChI=1S/C18H27N3/c1-6-14(4)15-7-9-17(10-8-15)19-11-16-12-21(5)20-18(16)13(2)3/h7-10,12-14,19H,6,11H2,1-5H3. The number of nitrogens with one attached hydrogen (secondary N) is 1. The summed E-state index contributed by atoms with van der Waals surface area (Å²) in [5.74, 6) is 1.08. The maximum Gasteiger partial charge on any atom is 0.0699 e. The van der Waals surface area contributed by atoms with E-state index in [1.165, 1.54) is 28.9 Å². The summed E-state index contributed by atoms with van der Waals surface area (Å²) in [5.41, 5.74) is 5.03. The van der Waals surface area contributed by atoms with Crippen LogP contribution in [0.25, 0.3) is 0 Å². The van der Waals surface area contributed by atoms with Crippen LogP contribution in [0.2, 0.25) is 0 Å². The van der Waals surface area contributed by atoms with Crippen LogP contribution in [-0.2, 0) is 13.6 Å². The van der Waals surface area contributed by atoms with Gasteiger partial charge in [-0.25, -0.2) is 0 Å². The topological polar surface area (TPSA) is 29.9 Å². The largest absolute Gasteiger partial charge is 0.381 e. The average Bonchev–Trinajstić information content (AvgIpc) is 2.86. The highest BCUT2D eigenvalue weighted by molar-refractivity contribution is 5.46. The smallest absolute Gasteiger partial charge is 0.0699 e. The Bertz CT molecular complexity index is 567. The van der Waals surface area contributed by atoms with Crippen molar-refractivity contribution >= 4 is 5.69 Å². The Balaban J connectivity index is 2.03. The average molecular weight is 285 g/mol. The number of aromatic nitrogens is 2. The lowest BCUT2D eigenvalue weighted by Crippen LogP contribution is -2.03. The van der Waals surface area contributed by atoms with Gasteiger partial charge in [0, 0.05) is 31.0 Å². The molecule has 1 unspecified atom stereocenters. The quantitative estimate of drug-likeness (QED) is 0.836. The minimum absolute atomic E-state index is 0.454.